The maximum absolute atomic E-state index is 11.6. The molecule has 2 N–H and O–H groups in total. The molecule has 17 heavy (non-hydrogen) atoms. The van der Waals surface area contributed by atoms with Gasteiger partial charge in [-0.3, -0.25) is 14.5 Å². The van der Waals surface area contributed by atoms with E-state index in [0.29, 0.717) is 30.8 Å². The van der Waals surface area contributed by atoms with Crippen LogP contribution in [0.2, 0.25) is 0 Å². The van der Waals surface area contributed by atoms with Crippen LogP contribution in [-0.2, 0) is 11.2 Å². The first kappa shape index (κ1) is 12.0. The zero-order valence-corrected chi connectivity index (χ0v) is 10.2. The number of carbonyl (C=O) groups is 2. The van der Waals surface area contributed by atoms with Crippen molar-refractivity contribution in [3.8, 4) is 0 Å². The lowest BCUT2D eigenvalue weighted by atomic mass is 10.1. The van der Waals surface area contributed by atoms with Crippen LogP contribution in [0.1, 0.15) is 12.0 Å². The number of hydrogen-bond donors (Lipinski definition) is 1. The highest BCUT2D eigenvalue weighted by atomic mass is 32.2. The van der Waals surface area contributed by atoms with E-state index in [1.807, 2.05) is 24.3 Å². The van der Waals surface area contributed by atoms with E-state index in [1.54, 1.807) is 0 Å². The van der Waals surface area contributed by atoms with Gasteiger partial charge in [0.25, 0.3) is 5.24 Å². The second-order valence-electron chi connectivity index (χ2n) is 3.86. The average molecular weight is 250 g/mol. The minimum Gasteiger partial charge on any atom is -0.399 e. The number of imide groups is 1. The standard InChI is InChI=1S/C12H14N2O2S/c13-10-4-2-1-3-9(10)5-7-14-11(15)6-8-17-12(14)16/h1-4H,5-8,13H2. The van der Waals surface area contributed by atoms with Gasteiger partial charge >= 0.3 is 0 Å². The summed E-state index contributed by atoms with van der Waals surface area (Å²) in [6, 6.07) is 7.51. The Morgan fingerprint density at radius 1 is 1.29 bits per heavy atom. The van der Waals surface area contributed by atoms with Crippen LogP contribution in [0.15, 0.2) is 24.3 Å². The average Bonchev–Trinajstić information content (AvgIpc) is 2.30. The smallest absolute Gasteiger partial charge is 0.288 e. The molecule has 0 aliphatic carbocycles. The quantitative estimate of drug-likeness (QED) is 0.832. The summed E-state index contributed by atoms with van der Waals surface area (Å²) in [5, 5.41) is -0.143. The normalized spacial score (nSPS) is 16.4. The summed E-state index contributed by atoms with van der Waals surface area (Å²) in [4.78, 5) is 24.4. The summed E-state index contributed by atoms with van der Waals surface area (Å²) in [6.45, 7) is 0.416. The minimum absolute atomic E-state index is 0.0803. The van der Waals surface area contributed by atoms with E-state index in [9.17, 15) is 9.59 Å². The molecule has 4 nitrogen and oxygen atoms in total. The van der Waals surface area contributed by atoms with Crippen molar-refractivity contribution in [1.29, 1.82) is 0 Å². The van der Waals surface area contributed by atoms with Crippen LogP contribution < -0.4 is 5.73 Å². The summed E-state index contributed by atoms with van der Waals surface area (Å²) in [5.41, 5.74) is 7.49. The van der Waals surface area contributed by atoms with Gasteiger partial charge in [-0.05, 0) is 18.1 Å². The molecular formula is C12H14N2O2S. The molecule has 1 saturated heterocycles. The molecule has 0 unspecified atom stereocenters. The van der Waals surface area contributed by atoms with Crippen LogP contribution >= 0.6 is 11.8 Å². The number of anilines is 1. The van der Waals surface area contributed by atoms with Crippen molar-refractivity contribution in [1.82, 2.24) is 4.90 Å². The molecule has 2 amide bonds. The molecule has 90 valence electrons. The lowest BCUT2D eigenvalue weighted by Crippen LogP contribution is -2.39. The molecule has 1 aliphatic heterocycles. The highest BCUT2D eigenvalue weighted by Crippen LogP contribution is 2.19. The number of rotatable bonds is 3. The Balaban J connectivity index is 2.00. The number of amides is 2. The van der Waals surface area contributed by atoms with Crippen LogP contribution in [-0.4, -0.2) is 28.3 Å². The van der Waals surface area contributed by atoms with E-state index in [1.165, 1.54) is 16.7 Å². The second kappa shape index (κ2) is 5.23. The molecule has 0 saturated carbocycles. The highest BCUT2D eigenvalue weighted by Gasteiger charge is 2.26. The van der Waals surface area contributed by atoms with Crippen LogP contribution in [0.3, 0.4) is 0 Å². The van der Waals surface area contributed by atoms with Gasteiger partial charge in [-0.1, -0.05) is 30.0 Å². The van der Waals surface area contributed by atoms with Gasteiger partial charge in [0.2, 0.25) is 5.91 Å². The van der Waals surface area contributed by atoms with Crippen molar-refractivity contribution in [3.05, 3.63) is 29.8 Å². The van der Waals surface area contributed by atoms with E-state index in [0.717, 1.165) is 5.56 Å². The van der Waals surface area contributed by atoms with Gasteiger partial charge in [-0.25, -0.2) is 0 Å². The van der Waals surface area contributed by atoms with Gasteiger partial charge in [0, 0.05) is 24.4 Å². The molecule has 0 radical (unpaired) electrons. The van der Waals surface area contributed by atoms with E-state index in [2.05, 4.69) is 0 Å². The predicted molar refractivity (Wildman–Crippen MR) is 68.7 cm³/mol. The summed E-state index contributed by atoms with van der Waals surface area (Å²) in [7, 11) is 0. The van der Waals surface area contributed by atoms with Crippen molar-refractivity contribution in [3.63, 3.8) is 0 Å². The van der Waals surface area contributed by atoms with Crippen molar-refractivity contribution in [2.75, 3.05) is 18.0 Å². The fourth-order valence-electron chi connectivity index (χ4n) is 1.75. The number of nitrogen functional groups attached to an aromatic ring is 1. The molecular weight excluding hydrogens is 236 g/mol. The molecule has 1 heterocycles. The number of para-hydroxylation sites is 1. The topological polar surface area (TPSA) is 63.4 Å². The van der Waals surface area contributed by atoms with Crippen molar-refractivity contribution >= 4 is 28.6 Å². The molecule has 5 heteroatoms. The minimum atomic E-state index is -0.143. The first-order valence-electron chi connectivity index (χ1n) is 5.49. The molecule has 0 aromatic heterocycles. The maximum atomic E-state index is 11.6. The summed E-state index contributed by atoms with van der Waals surface area (Å²) in [5.74, 6) is 0.519. The number of nitrogens with two attached hydrogens (primary N) is 1. The van der Waals surface area contributed by atoms with Gasteiger partial charge in [-0.2, -0.15) is 0 Å². The number of hydrogen-bond acceptors (Lipinski definition) is 4. The first-order valence-corrected chi connectivity index (χ1v) is 6.47. The van der Waals surface area contributed by atoms with E-state index in [4.69, 9.17) is 5.73 Å². The molecule has 0 bridgehead atoms. The lowest BCUT2D eigenvalue weighted by molar-refractivity contribution is -0.127. The lowest BCUT2D eigenvalue weighted by Gasteiger charge is -2.24. The molecule has 2 rings (SSSR count). The molecule has 1 aliphatic rings. The van der Waals surface area contributed by atoms with Crippen LogP contribution in [0.4, 0.5) is 10.5 Å². The van der Waals surface area contributed by atoms with Gasteiger partial charge in [-0.15, -0.1) is 0 Å². The van der Waals surface area contributed by atoms with Gasteiger partial charge in [0.1, 0.15) is 0 Å². The molecule has 0 atom stereocenters. The number of carbonyl (C=O) groups excluding carboxylic acids is 2. The van der Waals surface area contributed by atoms with E-state index in [-0.39, 0.29) is 11.1 Å². The van der Waals surface area contributed by atoms with Crippen LogP contribution in [0.25, 0.3) is 0 Å². The number of thioether (sulfide) groups is 1. The Hall–Kier alpha value is -1.49. The van der Waals surface area contributed by atoms with Crippen molar-refractivity contribution in [2.24, 2.45) is 0 Å². The van der Waals surface area contributed by atoms with Crippen LogP contribution in [0.5, 0.6) is 0 Å². The summed E-state index contributed by atoms with van der Waals surface area (Å²) < 4.78 is 0. The second-order valence-corrected chi connectivity index (χ2v) is 4.90. The third-order valence-corrected chi connectivity index (χ3v) is 3.60. The van der Waals surface area contributed by atoms with Gasteiger partial charge < -0.3 is 5.73 Å². The monoisotopic (exact) mass is 250 g/mol. The summed E-state index contributed by atoms with van der Waals surface area (Å²) >= 11 is 1.20. The zero-order valence-electron chi connectivity index (χ0n) is 9.39. The molecule has 1 fully saturated rings. The van der Waals surface area contributed by atoms with E-state index < -0.39 is 0 Å². The zero-order chi connectivity index (χ0) is 12.3. The SMILES string of the molecule is Nc1ccccc1CCN1C(=O)CCSC1=O. The van der Waals surface area contributed by atoms with Gasteiger partial charge in [0.05, 0.1) is 0 Å². The van der Waals surface area contributed by atoms with E-state index >= 15 is 0 Å². The number of nitrogens with zero attached hydrogens (tertiary/aromatic N) is 1. The highest BCUT2D eigenvalue weighted by molar-refractivity contribution is 8.13. The molecule has 0 spiro atoms. The first-order chi connectivity index (χ1) is 8.18. The molecule has 1 aromatic rings. The predicted octanol–water partition coefficient (Wildman–Crippen LogP) is 1.90. The van der Waals surface area contributed by atoms with Crippen molar-refractivity contribution in [2.45, 2.75) is 12.8 Å². The fraction of sp³-hybridized carbons (Fsp3) is 0.333. The molecule has 1 aromatic carbocycles. The fourth-order valence-corrected chi connectivity index (χ4v) is 2.55. The Bertz CT molecular complexity index is 432. The maximum Gasteiger partial charge on any atom is 0.288 e. The third-order valence-electron chi connectivity index (χ3n) is 2.72. The Labute approximate surface area is 104 Å². The Kier molecular flexibility index (Phi) is 3.68. The Morgan fingerprint density at radius 3 is 2.76 bits per heavy atom. The summed E-state index contributed by atoms with van der Waals surface area (Å²) in [6.07, 6.45) is 1.06. The van der Waals surface area contributed by atoms with Gasteiger partial charge in [0.15, 0.2) is 0 Å². The Morgan fingerprint density at radius 2 is 2.06 bits per heavy atom. The number of benzene rings is 1. The third kappa shape index (κ3) is 2.79. The largest absolute Gasteiger partial charge is 0.399 e. The van der Waals surface area contributed by atoms with Crippen LogP contribution in [0, 0.1) is 0 Å². The van der Waals surface area contributed by atoms with Crippen molar-refractivity contribution < 1.29 is 9.59 Å².